The molecule has 1 aliphatic heterocycles. The molecular formula is C25H29F3N7O+. The number of likely N-dealkylation sites (N-methyl/N-ethyl adjacent to an activating group) is 1. The van der Waals surface area contributed by atoms with Gasteiger partial charge in [-0.1, -0.05) is 0 Å². The van der Waals surface area contributed by atoms with Crippen LogP contribution >= 0.6 is 0 Å². The minimum Gasteiger partial charge on any atom is -0.394 e. The molecule has 11 heteroatoms. The second-order valence-electron chi connectivity index (χ2n) is 9.65. The Kier molecular flexibility index (Phi) is 5.98. The highest BCUT2D eigenvalue weighted by molar-refractivity contribution is 6.17. The summed E-state index contributed by atoms with van der Waals surface area (Å²) >= 11 is 0. The van der Waals surface area contributed by atoms with Gasteiger partial charge in [-0.25, -0.2) is 4.98 Å². The van der Waals surface area contributed by atoms with Crippen molar-refractivity contribution in [3.05, 3.63) is 40.3 Å². The minimum atomic E-state index is -4.74. The average molecular weight is 501 g/mol. The molecule has 190 valence electrons. The Labute approximate surface area is 205 Å². The number of aromatic amines is 1. The van der Waals surface area contributed by atoms with E-state index >= 15 is 0 Å². The van der Waals surface area contributed by atoms with Crippen LogP contribution in [0.2, 0.25) is 0 Å². The Morgan fingerprint density at radius 3 is 2.56 bits per heavy atom. The van der Waals surface area contributed by atoms with Gasteiger partial charge in [-0.3, -0.25) is 15.3 Å². The standard InChI is InChI=1S/C25H28F3N7O/c1-13-12-35(10-9-34(13)2)24(36)22-20-18(32-33-22)8-7-17-19(20)14-5-3-4-6-15(14)21(31-17)16(11-29)23(30)25(26,27)28/h7-8,11,13,29H,3-6,9-10,12,30H2,1-2H3,(H,32,33)/p+1. The first-order valence-electron chi connectivity index (χ1n) is 12.1. The molecule has 1 aromatic carbocycles. The lowest BCUT2D eigenvalue weighted by atomic mass is 9.85. The first kappa shape index (κ1) is 24.2. The third-order valence-electron chi connectivity index (χ3n) is 7.46. The molecule has 0 saturated carbocycles. The van der Waals surface area contributed by atoms with Gasteiger partial charge in [0.25, 0.3) is 5.91 Å². The number of hydrogen-bond acceptors (Lipinski definition) is 5. The molecule has 1 fully saturated rings. The average Bonchev–Trinajstić information content (AvgIpc) is 3.29. The number of allylic oxidation sites excluding steroid dienone is 2. The van der Waals surface area contributed by atoms with Crippen LogP contribution in [0, 0.1) is 0 Å². The van der Waals surface area contributed by atoms with E-state index in [0.717, 1.165) is 36.6 Å². The van der Waals surface area contributed by atoms with E-state index in [4.69, 9.17) is 11.1 Å². The predicted octanol–water partition coefficient (Wildman–Crippen LogP) is 1.83. The number of nitrogens with one attached hydrogen (secondary N) is 1. The number of rotatable bonds is 3. The maximum atomic E-state index is 13.6. The Morgan fingerprint density at radius 2 is 1.89 bits per heavy atom. The fraction of sp³-hybridized carbons (Fsp3) is 0.440. The van der Waals surface area contributed by atoms with Crippen molar-refractivity contribution in [3.63, 3.8) is 0 Å². The van der Waals surface area contributed by atoms with E-state index in [1.165, 1.54) is 0 Å². The normalized spacial score (nSPS) is 19.9. The Bertz CT molecular complexity index is 1410. The third kappa shape index (κ3) is 3.91. The number of nitrogens with zero attached hydrogens (tertiary/aromatic N) is 4. The van der Waals surface area contributed by atoms with Gasteiger partial charge in [-0.15, -0.1) is 0 Å². The molecule has 2 aliphatic rings. The maximum absolute atomic E-state index is 13.6. The van der Waals surface area contributed by atoms with Crippen molar-refractivity contribution in [1.29, 1.82) is 0 Å². The molecule has 3 heterocycles. The van der Waals surface area contributed by atoms with Crippen LogP contribution in [0.25, 0.3) is 27.4 Å². The molecule has 5 rings (SSSR count). The van der Waals surface area contributed by atoms with Crippen LogP contribution in [0.1, 0.15) is 47.1 Å². The molecule has 1 atom stereocenters. The van der Waals surface area contributed by atoms with Crippen molar-refractivity contribution in [2.24, 2.45) is 5.73 Å². The summed E-state index contributed by atoms with van der Waals surface area (Å²) in [6.45, 7) is 4.02. The maximum Gasteiger partial charge on any atom is 0.431 e. The number of carbonyl (C=O) groups excluding carboxylic acids is 1. The molecule has 1 saturated heterocycles. The van der Waals surface area contributed by atoms with E-state index in [-0.39, 0.29) is 23.2 Å². The number of halogens is 3. The largest absolute Gasteiger partial charge is 0.431 e. The zero-order chi connectivity index (χ0) is 25.8. The van der Waals surface area contributed by atoms with E-state index in [0.29, 0.717) is 53.6 Å². The minimum absolute atomic E-state index is 0.151. The lowest BCUT2D eigenvalue weighted by molar-refractivity contribution is -0.105. The van der Waals surface area contributed by atoms with E-state index < -0.39 is 11.9 Å². The number of amides is 1. The first-order chi connectivity index (χ1) is 17.1. The molecule has 8 nitrogen and oxygen atoms in total. The fourth-order valence-corrected chi connectivity index (χ4v) is 5.34. The highest BCUT2D eigenvalue weighted by Crippen LogP contribution is 2.39. The van der Waals surface area contributed by atoms with Gasteiger partial charge in [0.2, 0.25) is 0 Å². The van der Waals surface area contributed by atoms with Crippen LogP contribution in [0.4, 0.5) is 13.2 Å². The summed E-state index contributed by atoms with van der Waals surface area (Å²) in [5.74, 6) is -0.167. The lowest BCUT2D eigenvalue weighted by Crippen LogP contribution is -2.52. The number of benzene rings is 1. The van der Waals surface area contributed by atoms with Crippen LogP contribution in [0.3, 0.4) is 0 Å². The fourth-order valence-electron chi connectivity index (χ4n) is 5.34. The summed E-state index contributed by atoms with van der Waals surface area (Å²) in [5.41, 5.74) is 7.10. The molecule has 1 amide bonds. The molecule has 1 unspecified atom stereocenters. The number of aromatic nitrogens is 3. The summed E-state index contributed by atoms with van der Waals surface area (Å²) in [4.78, 5) is 22.2. The molecule has 5 N–H and O–H groups in total. The lowest BCUT2D eigenvalue weighted by Gasteiger charge is -2.37. The van der Waals surface area contributed by atoms with E-state index in [2.05, 4.69) is 27.0 Å². The van der Waals surface area contributed by atoms with E-state index in [1.807, 2.05) is 11.9 Å². The van der Waals surface area contributed by atoms with Crippen LogP contribution < -0.4 is 11.1 Å². The van der Waals surface area contributed by atoms with Crippen LogP contribution in [0.5, 0.6) is 0 Å². The van der Waals surface area contributed by atoms with Crippen molar-refractivity contribution >= 4 is 39.5 Å². The van der Waals surface area contributed by atoms with Crippen LogP contribution in [-0.2, 0) is 12.8 Å². The van der Waals surface area contributed by atoms with Gasteiger partial charge in [-0.2, -0.15) is 18.3 Å². The van der Waals surface area contributed by atoms with Gasteiger partial charge >= 0.3 is 6.18 Å². The van der Waals surface area contributed by atoms with Gasteiger partial charge in [0, 0.05) is 36.4 Å². The number of hydrogen-bond donors (Lipinski definition) is 3. The number of aryl methyl sites for hydroxylation is 1. The molecule has 0 spiro atoms. The second kappa shape index (κ2) is 8.88. The third-order valence-corrected chi connectivity index (χ3v) is 7.46. The quantitative estimate of drug-likeness (QED) is 0.475. The zero-order valence-electron chi connectivity index (χ0n) is 20.2. The summed E-state index contributed by atoms with van der Waals surface area (Å²) in [6.07, 6.45) is -0.983. The number of piperazine rings is 1. The zero-order valence-corrected chi connectivity index (χ0v) is 20.2. The van der Waals surface area contributed by atoms with Crippen molar-refractivity contribution < 1.29 is 23.4 Å². The van der Waals surface area contributed by atoms with E-state index in [9.17, 15) is 18.0 Å². The summed E-state index contributed by atoms with van der Waals surface area (Å²) in [5, 5.41) is 14.4. The second-order valence-corrected chi connectivity index (χ2v) is 9.65. The van der Waals surface area contributed by atoms with Crippen LogP contribution in [0.15, 0.2) is 17.8 Å². The Balaban J connectivity index is 1.74. The van der Waals surface area contributed by atoms with Gasteiger partial charge in [0.05, 0.1) is 22.3 Å². The number of H-pyrrole nitrogens is 1. The van der Waals surface area contributed by atoms with Gasteiger partial charge in [-0.05, 0) is 62.9 Å². The molecule has 0 bridgehead atoms. The SMILES string of the molecule is CC1CN(C(=O)c2n[nH]c3ccc4nc(C(C=[NH2+])=C(N)C(F)(F)F)c5c(c4c23)CCCC5)CCN1C. The molecular weight excluding hydrogens is 471 g/mol. The first-order valence-corrected chi connectivity index (χ1v) is 12.1. The highest BCUT2D eigenvalue weighted by atomic mass is 19.4. The van der Waals surface area contributed by atoms with Crippen molar-refractivity contribution in [2.45, 2.75) is 44.8 Å². The van der Waals surface area contributed by atoms with Crippen molar-refractivity contribution in [2.75, 3.05) is 26.7 Å². The monoisotopic (exact) mass is 500 g/mol. The molecule has 0 radical (unpaired) electrons. The molecule has 1 aliphatic carbocycles. The Morgan fingerprint density at radius 1 is 1.17 bits per heavy atom. The smallest absolute Gasteiger partial charge is 0.394 e. The highest BCUT2D eigenvalue weighted by Gasteiger charge is 2.37. The summed E-state index contributed by atoms with van der Waals surface area (Å²) < 4.78 is 40.5. The predicted molar refractivity (Wildman–Crippen MR) is 131 cm³/mol. The number of pyridine rings is 1. The molecule has 36 heavy (non-hydrogen) atoms. The number of nitrogens with two attached hydrogens (primary N) is 2. The molecule has 3 aromatic rings. The summed E-state index contributed by atoms with van der Waals surface area (Å²) in [6, 6.07) is 3.71. The van der Waals surface area contributed by atoms with Gasteiger partial charge in [0.1, 0.15) is 5.70 Å². The van der Waals surface area contributed by atoms with Crippen molar-refractivity contribution in [3.8, 4) is 0 Å². The Hall–Kier alpha value is -3.47. The van der Waals surface area contributed by atoms with Gasteiger partial charge in [0.15, 0.2) is 11.9 Å². The topological polar surface area (TPSA) is 117 Å². The van der Waals surface area contributed by atoms with E-state index in [1.54, 1.807) is 12.1 Å². The van der Waals surface area contributed by atoms with Gasteiger partial charge < -0.3 is 15.5 Å². The number of carbonyl (C=O) groups is 1. The van der Waals surface area contributed by atoms with Crippen molar-refractivity contribution in [1.82, 2.24) is 25.0 Å². The number of alkyl halides is 3. The molecule has 2 aromatic heterocycles. The number of fused-ring (bicyclic) bond motifs is 5. The summed E-state index contributed by atoms with van der Waals surface area (Å²) in [7, 11) is 2.03. The van der Waals surface area contributed by atoms with Crippen LogP contribution in [-0.4, -0.2) is 76.0 Å².